The maximum absolute atomic E-state index is 12.9. The molecule has 8 heteroatoms. The molecule has 2 aliphatic rings. The molecule has 3 rings (SSSR count). The first-order valence-electron chi connectivity index (χ1n) is 8.94. The third kappa shape index (κ3) is 3.99. The first-order valence-corrected chi connectivity index (χ1v) is 10.3. The Balaban J connectivity index is 1.81. The fraction of sp³-hybridized carbons (Fsp3) is 0.706. The molecule has 2 amide bonds. The maximum Gasteiger partial charge on any atom is 0.327 e. The summed E-state index contributed by atoms with van der Waals surface area (Å²) in [5, 5.41) is 10.5. The Morgan fingerprint density at radius 2 is 2.16 bits per heavy atom. The molecule has 1 saturated heterocycles. The average Bonchev–Trinajstić information content (AvgIpc) is 3.33. The van der Waals surface area contributed by atoms with Gasteiger partial charge in [0.15, 0.2) is 0 Å². The number of hydrogen-bond acceptors (Lipinski definition) is 5. The molecule has 1 aromatic heterocycles. The SMILES string of the molecule is C=CCCN(C)C1CN(CCCl)C(=O)N1c1nnc(C2CCCC2)s1. The molecule has 0 aromatic carbocycles. The zero-order valence-corrected chi connectivity index (χ0v) is 16.3. The predicted octanol–water partition coefficient (Wildman–Crippen LogP) is 3.51. The molecule has 2 heterocycles. The summed E-state index contributed by atoms with van der Waals surface area (Å²) in [6.45, 7) is 5.83. The monoisotopic (exact) mass is 383 g/mol. The highest BCUT2D eigenvalue weighted by atomic mass is 35.5. The first-order chi connectivity index (χ1) is 12.2. The lowest BCUT2D eigenvalue weighted by molar-refractivity contribution is 0.220. The lowest BCUT2D eigenvalue weighted by atomic mass is 10.1. The average molecular weight is 384 g/mol. The molecular weight excluding hydrogens is 358 g/mol. The van der Waals surface area contributed by atoms with Gasteiger partial charge in [-0.2, -0.15) is 0 Å². The molecule has 1 aliphatic heterocycles. The Labute approximate surface area is 158 Å². The van der Waals surface area contributed by atoms with Crippen LogP contribution in [0.5, 0.6) is 0 Å². The summed E-state index contributed by atoms with van der Waals surface area (Å²) < 4.78 is 0. The second-order valence-electron chi connectivity index (χ2n) is 6.73. The number of halogens is 1. The van der Waals surface area contributed by atoms with Crippen LogP contribution >= 0.6 is 22.9 Å². The number of rotatable bonds is 8. The minimum Gasteiger partial charge on any atom is -0.320 e. The largest absolute Gasteiger partial charge is 0.327 e. The first kappa shape index (κ1) is 18.6. The molecule has 2 fully saturated rings. The molecule has 1 aromatic rings. The van der Waals surface area contributed by atoms with Crippen molar-refractivity contribution in [3.05, 3.63) is 17.7 Å². The second kappa shape index (κ2) is 8.47. The van der Waals surface area contributed by atoms with Crippen LogP contribution in [0.15, 0.2) is 12.7 Å². The van der Waals surface area contributed by atoms with E-state index in [-0.39, 0.29) is 12.2 Å². The molecule has 1 saturated carbocycles. The highest BCUT2D eigenvalue weighted by Crippen LogP contribution is 2.38. The third-order valence-electron chi connectivity index (χ3n) is 5.05. The number of carbonyl (C=O) groups excluding carboxylic acids is 1. The lowest BCUT2D eigenvalue weighted by Gasteiger charge is -2.28. The number of likely N-dealkylation sites (N-methyl/N-ethyl adjacent to an activating group) is 1. The Hall–Kier alpha value is -1.18. The molecule has 1 atom stereocenters. The van der Waals surface area contributed by atoms with Gasteiger partial charge in [0.05, 0.1) is 6.54 Å². The van der Waals surface area contributed by atoms with Gasteiger partial charge in [0.1, 0.15) is 11.2 Å². The fourth-order valence-electron chi connectivity index (χ4n) is 3.58. The summed E-state index contributed by atoms with van der Waals surface area (Å²) in [6.07, 6.45) is 7.63. The van der Waals surface area contributed by atoms with Gasteiger partial charge in [-0.15, -0.1) is 28.4 Å². The van der Waals surface area contributed by atoms with E-state index in [4.69, 9.17) is 11.6 Å². The van der Waals surface area contributed by atoms with Crippen LogP contribution in [0.25, 0.3) is 0 Å². The van der Waals surface area contributed by atoms with Crippen molar-refractivity contribution < 1.29 is 4.79 Å². The zero-order chi connectivity index (χ0) is 17.8. The molecule has 1 aliphatic carbocycles. The molecule has 0 spiro atoms. The van der Waals surface area contributed by atoms with Crippen LogP contribution in [0.1, 0.15) is 43.0 Å². The number of carbonyl (C=O) groups is 1. The van der Waals surface area contributed by atoms with E-state index in [1.165, 1.54) is 25.7 Å². The molecule has 0 bridgehead atoms. The van der Waals surface area contributed by atoms with E-state index < -0.39 is 0 Å². The molecule has 0 N–H and O–H groups in total. The number of urea groups is 1. The molecular formula is C17H26ClN5OS. The van der Waals surface area contributed by atoms with Gasteiger partial charge in [-0.05, 0) is 26.3 Å². The van der Waals surface area contributed by atoms with Gasteiger partial charge < -0.3 is 4.90 Å². The summed E-state index contributed by atoms with van der Waals surface area (Å²) in [5.74, 6) is 0.950. The molecule has 0 radical (unpaired) electrons. The van der Waals surface area contributed by atoms with Gasteiger partial charge in [0.2, 0.25) is 5.13 Å². The number of alkyl halides is 1. The van der Waals surface area contributed by atoms with Gasteiger partial charge in [-0.1, -0.05) is 30.3 Å². The Bertz CT molecular complexity index is 604. The number of amides is 2. The van der Waals surface area contributed by atoms with Crippen molar-refractivity contribution >= 4 is 34.1 Å². The second-order valence-corrected chi connectivity index (χ2v) is 8.10. The molecule has 6 nitrogen and oxygen atoms in total. The highest BCUT2D eigenvalue weighted by molar-refractivity contribution is 7.15. The minimum absolute atomic E-state index is 0.0229. The smallest absolute Gasteiger partial charge is 0.320 e. The van der Waals surface area contributed by atoms with E-state index in [1.807, 2.05) is 13.1 Å². The van der Waals surface area contributed by atoms with Crippen molar-refractivity contribution in [1.82, 2.24) is 20.0 Å². The van der Waals surface area contributed by atoms with Crippen LogP contribution in [0.3, 0.4) is 0 Å². The standard InChI is InChI=1S/C17H26ClN5OS/c1-3-4-10-21(2)14-12-22(11-9-18)17(24)23(14)16-20-19-15(25-16)13-7-5-6-8-13/h3,13-14H,1,4-12H2,2H3. The topological polar surface area (TPSA) is 52.6 Å². The van der Waals surface area contributed by atoms with E-state index in [1.54, 1.807) is 21.1 Å². The summed E-state index contributed by atoms with van der Waals surface area (Å²) in [7, 11) is 2.04. The lowest BCUT2D eigenvalue weighted by Crippen LogP contribution is -2.45. The zero-order valence-electron chi connectivity index (χ0n) is 14.7. The van der Waals surface area contributed by atoms with E-state index >= 15 is 0 Å². The van der Waals surface area contributed by atoms with Crippen molar-refractivity contribution in [1.29, 1.82) is 0 Å². The number of aromatic nitrogens is 2. The fourth-order valence-corrected chi connectivity index (χ4v) is 4.83. The normalized spacial score (nSPS) is 21.7. The van der Waals surface area contributed by atoms with Crippen LogP contribution in [0.4, 0.5) is 9.93 Å². The van der Waals surface area contributed by atoms with Crippen molar-refractivity contribution in [2.75, 3.05) is 37.5 Å². The number of anilines is 1. The number of hydrogen-bond donors (Lipinski definition) is 0. The van der Waals surface area contributed by atoms with Crippen molar-refractivity contribution in [2.45, 2.75) is 44.2 Å². The molecule has 25 heavy (non-hydrogen) atoms. The Kier molecular flexibility index (Phi) is 6.30. The Morgan fingerprint density at radius 1 is 1.40 bits per heavy atom. The molecule has 138 valence electrons. The highest BCUT2D eigenvalue weighted by Gasteiger charge is 2.42. The minimum atomic E-state index is -0.0416. The van der Waals surface area contributed by atoms with Gasteiger partial charge in [0, 0.05) is 24.9 Å². The van der Waals surface area contributed by atoms with Crippen LogP contribution in [0, 0.1) is 0 Å². The summed E-state index contributed by atoms with van der Waals surface area (Å²) in [6, 6.07) is -0.0229. The number of nitrogens with zero attached hydrogens (tertiary/aromatic N) is 5. The van der Waals surface area contributed by atoms with Crippen molar-refractivity contribution in [3.63, 3.8) is 0 Å². The Morgan fingerprint density at radius 3 is 2.84 bits per heavy atom. The van der Waals surface area contributed by atoms with Gasteiger partial charge in [-0.3, -0.25) is 4.90 Å². The van der Waals surface area contributed by atoms with Crippen LogP contribution in [-0.2, 0) is 0 Å². The van der Waals surface area contributed by atoms with Crippen LogP contribution < -0.4 is 4.90 Å². The van der Waals surface area contributed by atoms with Crippen LogP contribution in [-0.4, -0.2) is 64.8 Å². The van der Waals surface area contributed by atoms with E-state index in [9.17, 15) is 4.79 Å². The van der Waals surface area contributed by atoms with Gasteiger partial charge >= 0.3 is 6.03 Å². The maximum atomic E-state index is 12.9. The van der Waals surface area contributed by atoms with Crippen LogP contribution in [0.2, 0.25) is 0 Å². The van der Waals surface area contributed by atoms with Crippen molar-refractivity contribution in [3.8, 4) is 0 Å². The van der Waals surface area contributed by atoms with Gasteiger partial charge in [0.25, 0.3) is 0 Å². The van der Waals surface area contributed by atoms with Crippen molar-refractivity contribution in [2.24, 2.45) is 0 Å². The molecule has 1 unspecified atom stereocenters. The van der Waals surface area contributed by atoms with E-state index in [0.29, 0.717) is 30.0 Å². The van der Waals surface area contributed by atoms with E-state index in [0.717, 1.165) is 18.0 Å². The van der Waals surface area contributed by atoms with E-state index in [2.05, 4.69) is 21.7 Å². The summed E-state index contributed by atoms with van der Waals surface area (Å²) >= 11 is 7.45. The predicted molar refractivity (Wildman–Crippen MR) is 103 cm³/mol. The third-order valence-corrected chi connectivity index (χ3v) is 6.30. The van der Waals surface area contributed by atoms with Gasteiger partial charge in [-0.25, -0.2) is 9.69 Å². The summed E-state index contributed by atoms with van der Waals surface area (Å²) in [4.78, 5) is 18.7. The summed E-state index contributed by atoms with van der Waals surface area (Å²) in [5.41, 5.74) is 0. The quantitative estimate of drug-likeness (QED) is 0.509.